The topological polar surface area (TPSA) is 49.4 Å². The van der Waals surface area contributed by atoms with Gasteiger partial charge in [-0.15, -0.1) is 0 Å². The molecule has 16 heavy (non-hydrogen) atoms. The van der Waals surface area contributed by atoms with Crippen molar-refractivity contribution in [3.8, 4) is 0 Å². The summed E-state index contributed by atoms with van der Waals surface area (Å²) in [5.41, 5.74) is 0. The average molecular weight is 315 g/mol. The van der Waals surface area contributed by atoms with Gasteiger partial charge in [0.2, 0.25) is 0 Å². The molecule has 0 aromatic heterocycles. The number of hydrogen-bond acceptors (Lipinski definition) is 2. The Bertz CT molecular complexity index is 277. The zero-order valence-corrected chi connectivity index (χ0v) is 12.9. The van der Waals surface area contributed by atoms with Gasteiger partial charge in [-0.2, -0.15) is 12.7 Å². The molecule has 0 rings (SSSR count). The van der Waals surface area contributed by atoms with Crippen molar-refractivity contribution in [2.75, 3.05) is 19.6 Å². The molecule has 0 saturated carbocycles. The normalized spacial score (nSPS) is 14.7. The van der Waals surface area contributed by atoms with Gasteiger partial charge in [-0.1, -0.05) is 43.6 Å². The third-order valence-corrected chi connectivity index (χ3v) is 4.68. The fourth-order valence-electron chi connectivity index (χ4n) is 1.45. The molecule has 0 heterocycles. The van der Waals surface area contributed by atoms with Gasteiger partial charge in [0.1, 0.15) is 0 Å². The van der Waals surface area contributed by atoms with E-state index in [0.717, 1.165) is 6.42 Å². The third kappa shape index (κ3) is 6.18. The van der Waals surface area contributed by atoms with Crippen LogP contribution < -0.4 is 4.72 Å². The Kier molecular flexibility index (Phi) is 7.80. The monoisotopic (exact) mass is 314 g/mol. The Morgan fingerprint density at radius 3 is 2.12 bits per heavy atom. The summed E-state index contributed by atoms with van der Waals surface area (Å²) in [7, 11) is -3.30. The molecule has 0 saturated heterocycles. The Labute approximate surface area is 108 Å². The van der Waals surface area contributed by atoms with Crippen molar-refractivity contribution in [2.24, 2.45) is 5.92 Å². The predicted molar refractivity (Wildman–Crippen MR) is 72.0 cm³/mol. The van der Waals surface area contributed by atoms with E-state index in [1.807, 2.05) is 13.8 Å². The highest BCUT2D eigenvalue weighted by atomic mass is 79.9. The van der Waals surface area contributed by atoms with Crippen LogP contribution in [0, 0.1) is 5.92 Å². The SMILES string of the molecule is CCN(CC)S(=O)(=O)NCC(Br)CC(C)C. The summed E-state index contributed by atoms with van der Waals surface area (Å²) in [4.78, 5) is 0.192. The van der Waals surface area contributed by atoms with Gasteiger partial charge in [0.05, 0.1) is 0 Å². The molecular formula is C10H23BrN2O2S. The molecule has 4 nitrogen and oxygen atoms in total. The molecule has 0 bridgehead atoms. The Morgan fingerprint density at radius 2 is 1.75 bits per heavy atom. The Balaban J connectivity index is 4.18. The molecule has 1 N–H and O–H groups in total. The predicted octanol–water partition coefficient (Wildman–Crippen LogP) is 1.97. The zero-order valence-electron chi connectivity index (χ0n) is 10.5. The summed E-state index contributed by atoms with van der Waals surface area (Å²) < 4.78 is 27.6. The molecule has 1 atom stereocenters. The standard InChI is InChI=1S/C10H23BrN2O2S/c1-5-13(6-2)16(14,15)12-8-10(11)7-9(3)4/h9-10,12H,5-8H2,1-4H3. The summed E-state index contributed by atoms with van der Waals surface area (Å²) in [6.07, 6.45) is 0.959. The second-order valence-electron chi connectivity index (χ2n) is 4.16. The van der Waals surface area contributed by atoms with E-state index in [-0.39, 0.29) is 4.83 Å². The first-order chi connectivity index (χ1) is 7.33. The van der Waals surface area contributed by atoms with Gasteiger partial charge in [0, 0.05) is 24.5 Å². The maximum atomic E-state index is 11.8. The lowest BCUT2D eigenvalue weighted by molar-refractivity contribution is 0.433. The molecule has 0 aliphatic rings. The van der Waals surface area contributed by atoms with Gasteiger partial charge in [-0.25, -0.2) is 4.72 Å². The minimum atomic E-state index is -3.30. The highest BCUT2D eigenvalue weighted by molar-refractivity contribution is 9.09. The maximum absolute atomic E-state index is 11.8. The van der Waals surface area contributed by atoms with Crippen molar-refractivity contribution < 1.29 is 8.42 Å². The molecule has 0 fully saturated rings. The zero-order chi connectivity index (χ0) is 12.8. The third-order valence-electron chi connectivity index (χ3n) is 2.26. The lowest BCUT2D eigenvalue weighted by atomic mass is 10.1. The Morgan fingerprint density at radius 1 is 1.25 bits per heavy atom. The second kappa shape index (κ2) is 7.63. The largest absolute Gasteiger partial charge is 0.279 e. The maximum Gasteiger partial charge on any atom is 0.279 e. The fourth-order valence-corrected chi connectivity index (χ4v) is 3.84. The quantitative estimate of drug-likeness (QED) is 0.696. The van der Waals surface area contributed by atoms with E-state index in [1.165, 1.54) is 4.31 Å². The van der Waals surface area contributed by atoms with Crippen molar-refractivity contribution in [2.45, 2.75) is 38.9 Å². The first-order valence-electron chi connectivity index (χ1n) is 5.72. The smallest absolute Gasteiger partial charge is 0.201 e. The number of rotatable bonds is 8. The van der Waals surface area contributed by atoms with Crippen molar-refractivity contribution in [1.29, 1.82) is 0 Å². The summed E-state index contributed by atoms with van der Waals surface area (Å²) in [6.45, 7) is 9.36. The summed E-state index contributed by atoms with van der Waals surface area (Å²) in [5, 5.41) is 0. The lowest BCUT2D eigenvalue weighted by Gasteiger charge is -2.20. The van der Waals surface area contributed by atoms with Crippen molar-refractivity contribution in [3.05, 3.63) is 0 Å². The minimum absolute atomic E-state index is 0.192. The molecule has 0 aromatic rings. The van der Waals surface area contributed by atoms with Crippen molar-refractivity contribution in [1.82, 2.24) is 9.03 Å². The highest BCUT2D eigenvalue weighted by Crippen LogP contribution is 2.12. The van der Waals surface area contributed by atoms with Crippen LogP contribution in [0.2, 0.25) is 0 Å². The number of nitrogens with one attached hydrogen (secondary N) is 1. The van der Waals surface area contributed by atoms with Crippen LogP contribution in [0.4, 0.5) is 0 Å². The molecular weight excluding hydrogens is 292 g/mol. The van der Waals surface area contributed by atoms with Crippen LogP contribution in [0.25, 0.3) is 0 Å². The van der Waals surface area contributed by atoms with Crippen LogP contribution in [0.3, 0.4) is 0 Å². The number of hydrogen-bond donors (Lipinski definition) is 1. The molecule has 98 valence electrons. The van der Waals surface area contributed by atoms with Crippen LogP contribution in [0.1, 0.15) is 34.1 Å². The van der Waals surface area contributed by atoms with E-state index >= 15 is 0 Å². The first-order valence-corrected chi connectivity index (χ1v) is 8.07. The average Bonchev–Trinajstić information content (AvgIpc) is 2.15. The number of halogens is 1. The molecule has 6 heteroatoms. The van der Waals surface area contributed by atoms with Crippen LogP contribution in [0.15, 0.2) is 0 Å². The molecule has 1 unspecified atom stereocenters. The van der Waals surface area contributed by atoms with Crippen LogP contribution in [-0.4, -0.2) is 37.2 Å². The van der Waals surface area contributed by atoms with Crippen molar-refractivity contribution in [3.63, 3.8) is 0 Å². The summed E-state index contributed by atoms with van der Waals surface area (Å²) >= 11 is 3.48. The van der Waals surface area contributed by atoms with Crippen LogP contribution >= 0.6 is 15.9 Å². The van der Waals surface area contributed by atoms with E-state index in [4.69, 9.17) is 0 Å². The Hall–Kier alpha value is 0.350. The minimum Gasteiger partial charge on any atom is -0.201 e. The van der Waals surface area contributed by atoms with Gasteiger partial charge < -0.3 is 0 Å². The van der Waals surface area contributed by atoms with E-state index in [9.17, 15) is 8.42 Å². The van der Waals surface area contributed by atoms with Crippen LogP contribution in [0.5, 0.6) is 0 Å². The first kappa shape index (κ1) is 16.4. The second-order valence-corrected chi connectivity index (χ2v) is 7.21. The van der Waals surface area contributed by atoms with E-state index < -0.39 is 10.2 Å². The number of nitrogens with zero attached hydrogens (tertiary/aromatic N) is 1. The van der Waals surface area contributed by atoms with Crippen LogP contribution in [-0.2, 0) is 10.2 Å². The molecule has 0 spiro atoms. The molecule has 0 aromatic carbocycles. The molecule has 0 amide bonds. The molecule has 0 aliphatic carbocycles. The van der Waals surface area contributed by atoms with E-state index in [0.29, 0.717) is 25.6 Å². The van der Waals surface area contributed by atoms with E-state index in [2.05, 4.69) is 34.5 Å². The highest BCUT2D eigenvalue weighted by Gasteiger charge is 2.19. The van der Waals surface area contributed by atoms with Crippen molar-refractivity contribution >= 4 is 26.1 Å². The molecule has 0 radical (unpaired) electrons. The number of alkyl halides is 1. The molecule has 0 aliphatic heterocycles. The van der Waals surface area contributed by atoms with E-state index in [1.54, 1.807) is 0 Å². The van der Waals surface area contributed by atoms with Gasteiger partial charge in [0.15, 0.2) is 0 Å². The van der Waals surface area contributed by atoms with Gasteiger partial charge in [-0.05, 0) is 12.3 Å². The lowest BCUT2D eigenvalue weighted by Crippen LogP contribution is -2.42. The fraction of sp³-hybridized carbons (Fsp3) is 1.00. The summed E-state index contributed by atoms with van der Waals surface area (Å²) in [6, 6.07) is 0. The van der Waals surface area contributed by atoms with Gasteiger partial charge >= 0.3 is 0 Å². The van der Waals surface area contributed by atoms with Gasteiger partial charge in [-0.3, -0.25) is 0 Å². The summed E-state index contributed by atoms with van der Waals surface area (Å²) in [5.74, 6) is 0.558. The van der Waals surface area contributed by atoms with Gasteiger partial charge in [0.25, 0.3) is 10.2 Å².